The van der Waals surface area contributed by atoms with Crippen LogP contribution >= 0.6 is 11.5 Å². The summed E-state index contributed by atoms with van der Waals surface area (Å²) in [6, 6.07) is 0.398. The first-order valence-corrected chi connectivity index (χ1v) is 6.37. The maximum Gasteiger partial charge on any atom is 0.275 e. The van der Waals surface area contributed by atoms with Gasteiger partial charge in [0.2, 0.25) is 0 Å². The Kier molecular flexibility index (Phi) is 3.50. The fraction of sp³-hybridized carbons (Fsp3) is 0.700. The Morgan fingerprint density at radius 3 is 3.12 bits per heavy atom. The molecule has 6 heteroatoms. The molecule has 1 aromatic rings. The molecular formula is C10H16N4OS. The van der Waals surface area contributed by atoms with Crippen LogP contribution in [0.4, 0.5) is 0 Å². The fourth-order valence-corrected chi connectivity index (χ4v) is 2.70. The van der Waals surface area contributed by atoms with E-state index in [1.807, 2.05) is 4.90 Å². The van der Waals surface area contributed by atoms with E-state index in [0.29, 0.717) is 12.2 Å². The highest BCUT2D eigenvalue weighted by Crippen LogP contribution is 2.24. The molecule has 2 atom stereocenters. The summed E-state index contributed by atoms with van der Waals surface area (Å²) in [6.07, 6.45) is 3.17. The second kappa shape index (κ2) is 4.88. The maximum atomic E-state index is 12.2. The van der Waals surface area contributed by atoms with Crippen molar-refractivity contribution in [2.24, 2.45) is 5.73 Å². The molecule has 2 N–H and O–H groups in total. The van der Waals surface area contributed by atoms with Crippen molar-refractivity contribution in [3.05, 3.63) is 11.1 Å². The summed E-state index contributed by atoms with van der Waals surface area (Å²) >= 11 is 1.20. The van der Waals surface area contributed by atoms with Crippen LogP contribution in [-0.4, -0.2) is 39.0 Å². The van der Waals surface area contributed by atoms with Gasteiger partial charge in [-0.15, -0.1) is 5.10 Å². The van der Waals surface area contributed by atoms with Crippen molar-refractivity contribution in [3.8, 4) is 0 Å². The molecule has 2 rings (SSSR count). The third-order valence-corrected chi connectivity index (χ3v) is 3.62. The summed E-state index contributed by atoms with van der Waals surface area (Å²) in [7, 11) is 0. The van der Waals surface area contributed by atoms with Crippen molar-refractivity contribution >= 4 is 17.4 Å². The van der Waals surface area contributed by atoms with Crippen LogP contribution in [0, 0.1) is 0 Å². The summed E-state index contributed by atoms with van der Waals surface area (Å²) in [4.78, 5) is 14.1. The SMILES string of the molecule is CC1CCCC(CN)N1C(=O)c1csnn1. The minimum absolute atomic E-state index is 0.0311. The maximum absolute atomic E-state index is 12.2. The fourth-order valence-electron chi connectivity index (χ4n) is 2.27. The first kappa shape index (κ1) is 11.5. The van der Waals surface area contributed by atoms with Crippen LogP contribution in [0.5, 0.6) is 0 Å². The number of nitrogens with two attached hydrogens (primary N) is 1. The Balaban J connectivity index is 2.19. The largest absolute Gasteiger partial charge is 0.330 e. The third kappa shape index (κ3) is 2.08. The average Bonchev–Trinajstić information content (AvgIpc) is 2.81. The van der Waals surface area contributed by atoms with Gasteiger partial charge in [-0.25, -0.2) is 0 Å². The lowest BCUT2D eigenvalue weighted by molar-refractivity contribution is 0.0488. The van der Waals surface area contributed by atoms with Crippen molar-refractivity contribution in [2.45, 2.75) is 38.3 Å². The average molecular weight is 240 g/mol. The molecule has 0 bridgehead atoms. The lowest BCUT2D eigenvalue weighted by Crippen LogP contribution is -2.51. The molecule has 16 heavy (non-hydrogen) atoms. The van der Waals surface area contributed by atoms with E-state index in [2.05, 4.69) is 16.5 Å². The molecule has 0 aromatic carbocycles. The number of amides is 1. The second-order valence-electron chi connectivity index (χ2n) is 4.17. The monoisotopic (exact) mass is 240 g/mol. The Labute approximate surface area is 98.8 Å². The van der Waals surface area contributed by atoms with Gasteiger partial charge in [-0.3, -0.25) is 4.79 Å². The van der Waals surface area contributed by atoms with Gasteiger partial charge in [-0.1, -0.05) is 4.49 Å². The van der Waals surface area contributed by atoms with E-state index in [9.17, 15) is 4.79 Å². The van der Waals surface area contributed by atoms with Crippen LogP contribution in [0.3, 0.4) is 0 Å². The highest BCUT2D eigenvalue weighted by atomic mass is 32.1. The van der Waals surface area contributed by atoms with E-state index >= 15 is 0 Å². The Hall–Kier alpha value is -1.01. The Morgan fingerprint density at radius 2 is 2.50 bits per heavy atom. The predicted molar refractivity (Wildman–Crippen MR) is 62.2 cm³/mol. The van der Waals surface area contributed by atoms with Gasteiger partial charge in [0.05, 0.1) is 0 Å². The number of piperidine rings is 1. The number of aromatic nitrogens is 2. The van der Waals surface area contributed by atoms with Crippen molar-refractivity contribution in [1.82, 2.24) is 14.5 Å². The van der Waals surface area contributed by atoms with Gasteiger partial charge in [0.1, 0.15) is 0 Å². The molecule has 88 valence electrons. The van der Waals surface area contributed by atoms with Gasteiger partial charge in [0.15, 0.2) is 5.69 Å². The number of nitrogens with zero attached hydrogens (tertiary/aromatic N) is 3. The molecule has 1 aliphatic heterocycles. The molecule has 2 heterocycles. The zero-order chi connectivity index (χ0) is 11.5. The molecule has 1 saturated heterocycles. The van der Waals surface area contributed by atoms with Crippen molar-refractivity contribution < 1.29 is 4.79 Å². The molecule has 0 radical (unpaired) electrons. The lowest BCUT2D eigenvalue weighted by atomic mass is 9.96. The quantitative estimate of drug-likeness (QED) is 0.833. The Bertz CT molecular complexity index is 354. The Morgan fingerprint density at radius 1 is 1.69 bits per heavy atom. The van der Waals surface area contributed by atoms with E-state index in [0.717, 1.165) is 19.3 Å². The van der Waals surface area contributed by atoms with Gasteiger partial charge in [0.25, 0.3) is 5.91 Å². The minimum atomic E-state index is -0.0311. The number of rotatable bonds is 2. The van der Waals surface area contributed by atoms with Gasteiger partial charge < -0.3 is 10.6 Å². The van der Waals surface area contributed by atoms with Crippen LogP contribution in [0.2, 0.25) is 0 Å². The minimum Gasteiger partial charge on any atom is -0.330 e. The van der Waals surface area contributed by atoms with E-state index < -0.39 is 0 Å². The molecular weight excluding hydrogens is 224 g/mol. The van der Waals surface area contributed by atoms with Gasteiger partial charge in [-0.05, 0) is 37.7 Å². The third-order valence-electron chi connectivity index (χ3n) is 3.11. The van der Waals surface area contributed by atoms with Gasteiger partial charge in [0, 0.05) is 24.0 Å². The molecule has 0 saturated carbocycles. The summed E-state index contributed by atoms with van der Waals surface area (Å²) in [5.74, 6) is -0.0311. The summed E-state index contributed by atoms with van der Waals surface area (Å²) in [6.45, 7) is 2.59. The molecule has 0 aliphatic carbocycles. The molecule has 0 spiro atoms. The zero-order valence-corrected chi connectivity index (χ0v) is 10.1. The number of likely N-dealkylation sites (tertiary alicyclic amines) is 1. The van der Waals surface area contributed by atoms with Crippen LogP contribution in [0.15, 0.2) is 5.38 Å². The molecule has 1 amide bonds. The van der Waals surface area contributed by atoms with Crippen LogP contribution in [0.25, 0.3) is 0 Å². The van der Waals surface area contributed by atoms with E-state index in [4.69, 9.17) is 5.73 Å². The smallest absolute Gasteiger partial charge is 0.275 e. The summed E-state index contributed by atoms with van der Waals surface area (Å²) in [5, 5.41) is 5.52. The van der Waals surface area contributed by atoms with Crippen molar-refractivity contribution in [1.29, 1.82) is 0 Å². The normalized spacial score (nSPS) is 25.8. The number of hydrogen-bond acceptors (Lipinski definition) is 5. The standard InChI is InChI=1S/C10H16N4OS/c1-7-3-2-4-8(5-11)14(7)10(15)9-6-16-13-12-9/h6-8H,2-5,11H2,1H3. The van der Waals surface area contributed by atoms with Crippen LogP contribution < -0.4 is 5.73 Å². The highest BCUT2D eigenvalue weighted by molar-refractivity contribution is 7.03. The topological polar surface area (TPSA) is 72.1 Å². The van der Waals surface area contributed by atoms with Crippen LogP contribution in [0.1, 0.15) is 36.7 Å². The van der Waals surface area contributed by atoms with Crippen LogP contribution in [-0.2, 0) is 0 Å². The lowest BCUT2D eigenvalue weighted by Gasteiger charge is -2.39. The molecule has 1 fully saturated rings. The molecule has 1 aromatic heterocycles. The number of carbonyl (C=O) groups is 1. The summed E-state index contributed by atoms with van der Waals surface area (Å²) in [5.41, 5.74) is 6.16. The number of hydrogen-bond donors (Lipinski definition) is 1. The van der Waals surface area contributed by atoms with Gasteiger partial charge in [-0.2, -0.15) is 0 Å². The summed E-state index contributed by atoms with van der Waals surface area (Å²) < 4.78 is 3.73. The predicted octanol–water partition coefficient (Wildman–Crippen LogP) is 0.880. The first-order valence-electron chi connectivity index (χ1n) is 5.54. The molecule has 2 unspecified atom stereocenters. The van der Waals surface area contributed by atoms with Crippen molar-refractivity contribution in [3.63, 3.8) is 0 Å². The van der Waals surface area contributed by atoms with E-state index in [1.54, 1.807) is 5.38 Å². The van der Waals surface area contributed by atoms with E-state index in [-0.39, 0.29) is 18.0 Å². The van der Waals surface area contributed by atoms with E-state index in [1.165, 1.54) is 11.5 Å². The second-order valence-corrected chi connectivity index (χ2v) is 4.78. The van der Waals surface area contributed by atoms with Crippen molar-refractivity contribution in [2.75, 3.05) is 6.54 Å². The first-order chi connectivity index (χ1) is 7.74. The molecule has 1 aliphatic rings. The van der Waals surface area contributed by atoms with Gasteiger partial charge >= 0.3 is 0 Å². The molecule has 5 nitrogen and oxygen atoms in total. The zero-order valence-electron chi connectivity index (χ0n) is 9.30. The number of carbonyl (C=O) groups excluding carboxylic acids is 1. The highest BCUT2D eigenvalue weighted by Gasteiger charge is 2.32.